The summed E-state index contributed by atoms with van der Waals surface area (Å²) in [6.45, 7) is 3.52. The molecule has 1 heterocycles. The Morgan fingerprint density at radius 3 is 2.62 bits per heavy atom. The van der Waals surface area contributed by atoms with Crippen molar-refractivity contribution in [2.45, 2.75) is 13.5 Å². The van der Waals surface area contributed by atoms with E-state index in [9.17, 15) is 4.79 Å². The average Bonchev–Trinajstić information content (AvgIpc) is 3.00. The number of ether oxygens (including phenoxy) is 4. The van der Waals surface area contributed by atoms with Gasteiger partial charge in [0.15, 0.2) is 11.9 Å². The van der Waals surface area contributed by atoms with Crippen LogP contribution >= 0.6 is 11.3 Å². The molecule has 2 rings (SSSR count). The van der Waals surface area contributed by atoms with Crippen molar-refractivity contribution in [2.75, 3.05) is 39.5 Å². The number of thiophene rings is 1. The van der Waals surface area contributed by atoms with Crippen molar-refractivity contribution in [2.24, 2.45) is 0 Å². The third kappa shape index (κ3) is 6.21. The largest absolute Gasteiger partial charge is 0.486 e. The van der Waals surface area contributed by atoms with E-state index in [-0.39, 0.29) is 12.8 Å². The second-order valence-corrected chi connectivity index (χ2v) is 6.24. The van der Waals surface area contributed by atoms with Gasteiger partial charge < -0.3 is 29.6 Å². The highest BCUT2D eigenvalue weighted by Gasteiger charge is 2.12. The van der Waals surface area contributed by atoms with Gasteiger partial charge in [0.1, 0.15) is 5.75 Å². The maximum Gasteiger partial charge on any atom is 0.319 e. The van der Waals surface area contributed by atoms with E-state index in [1.165, 1.54) is 11.3 Å². The first-order valence-corrected chi connectivity index (χ1v) is 8.97. The maximum atomic E-state index is 12.1. The Hall–Kier alpha value is -2.29. The van der Waals surface area contributed by atoms with Gasteiger partial charge in [0, 0.05) is 13.7 Å². The molecular weight excluding hydrogens is 356 g/mol. The van der Waals surface area contributed by atoms with Crippen LogP contribution < -0.4 is 20.1 Å². The summed E-state index contributed by atoms with van der Waals surface area (Å²) in [5.74, 6) is 0.703. The number of benzene rings is 1. The SMILES string of the molecule is COCCOCOc1ccc(CNC(=O)Nc2c(C)csc2OC)cc1. The highest BCUT2D eigenvalue weighted by Crippen LogP contribution is 2.34. The third-order valence-electron chi connectivity index (χ3n) is 3.48. The number of nitrogens with one attached hydrogen (secondary N) is 2. The summed E-state index contributed by atoms with van der Waals surface area (Å²) in [6, 6.07) is 7.17. The van der Waals surface area contributed by atoms with Crippen molar-refractivity contribution < 1.29 is 23.7 Å². The Balaban J connectivity index is 1.75. The molecule has 0 spiro atoms. The van der Waals surface area contributed by atoms with Crippen LogP contribution in [0.3, 0.4) is 0 Å². The summed E-state index contributed by atoms with van der Waals surface area (Å²) in [5, 5.41) is 8.26. The van der Waals surface area contributed by atoms with Gasteiger partial charge in [-0.05, 0) is 35.6 Å². The van der Waals surface area contributed by atoms with E-state index in [1.807, 2.05) is 36.6 Å². The van der Waals surface area contributed by atoms with E-state index in [2.05, 4.69) is 10.6 Å². The molecule has 1 aromatic carbocycles. The zero-order valence-corrected chi connectivity index (χ0v) is 16.0. The summed E-state index contributed by atoms with van der Waals surface area (Å²) >= 11 is 1.45. The Labute approximate surface area is 157 Å². The maximum absolute atomic E-state index is 12.1. The highest BCUT2D eigenvalue weighted by atomic mass is 32.1. The molecular formula is C18H24N2O5S. The van der Waals surface area contributed by atoms with Crippen molar-refractivity contribution in [3.8, 4) is 10.8 Å². The number of carbonyl (C=O) groups excluding carboxylic acids is 1. The fourth-order valence-electron chi connectivity index (χ4n) is 2.08. The predicted molar refractivity (Wildman–Crippen MR) is 101 cm³/mol. The van der Waals surface area contributed by atoms with Crippen LogP contribution in [0.25, 0.3) is 0 Å². The monoisotopic (exact) mass is 380 g/mol. The summed E-state index contributed by atoms with van der Waals surface area (Å²) in [6.07, 6.45) is 0. The van der Waals surface area contributed by atoms with Gasteiger partial charge in [-0.3, -0.25) is 0 Å². The van der Waals surface area contributed by atoms with Crippen molar-refractivity contribution in [3.05, 3.63) is 40.8 Å². The van der Waals surface area contributed by atoms with Crippen molar-refractivity contribution in [3.63, 3.8) is 0 Å². The molecule has 0 aliphatic carbocycles. The van der Waals surface area contributed by atoms with Crippen LogP contribution in [-0.2, 0) is 16.0 Å². The topological polar surface area (TPSA) is 78.0 Å². The normalized spacial score (nSPS) is 10.4. The Morgan fingerprint density at radius 2 is 1.92 bits per heavy atom. The number of carbonyl (C=O) groups is 1. The molecule has 0 bridgehead atoms. The molecule has 0 aliphatic rings. The smallest absolute Gasteiger partial charge is 0.319 e. The lowest BCUT2D eigenvalue weighted by Crippen LogP contribution is -2.28. The molecule has 2 aromatic rings. The lowest BCUT2D eigenvalue weighted by molar-refractivity contribution is -0.00847. The first-order chi connectivity index (χ1) is 12.6. The van der Waals surface area contributed by atoms with Gasteiger partial charge in [0.2, 0.25) is 0 Å². The lowest BCUT2D eigenvalue weighted by Gasteiger charge is -2.10. The van der Waals surface area contributed by atoms with E-state index in [0.717, 1.165) is 11.1 Å². The minimum Gasteiger partial charge on any atom is -0.486 e. The Bertz CT molecular complexity index is 687. The third-order valence-corrected chi connectivity index (χ3v) is 4.54. The molecule has 0 fully saturated rings. The number of anilines is 1. The predicted octanol–water partition coefficient (Wildman–Crippen LogP) is 3.39. The molecule has 2 amide bonds. The summed E-state index contributed by atoms with van der Waals surface area (Å²) in [7, 11) is 3.20. The summed E-state index contributed by atoms with van der Waals surface area (Å²) in [5.41, 5.74) is 2.63. The van der Waals surface area contributed by atoms with Gasteiger partial charge in [-0.1, -0.05) is 12.1 Å². The van der Waals surface area contributed by atoms with Crippen molar-refractivity contribution in [1.82, 2.24) is 5.32 Å². The van der Waals surface area contributed by atoms with Crippen LogP contribution in [0, 0.1) is 6.92 Å². The summed E-state index contributed by atoms with van der Waals surface area (Å²) < 4.78 is 20.8. The van der Waals surface area contributed by atoms with Crippen LogP contribution in [0.5, 0.6) is 10.8 Å². The summed E-state index contributed by atoms with van der Waals surface area (Å²) in [4.78, 5) is 12.1. The molecule has 0 saturated carbocycles. The molecule has 0 radical (unpaired) electrons. The number of urea groups is 1. The second-order valence-electron chi connectivity index (χ2n) is 5.40. The zero-order valence-electron chi connectivity index (χ0n) is 15.2. The van der Waals surface area contributed by atoms with Gasteiger partial charge in [-0.25, -0.2) is 4.79 Å². The molecule has 0 aliphatic heterocycles. The Morgan fingerprint density at radius 1 is 1.15 bits per heavy atom. The van der Waals surface area contributed by atoms with Gasteiger partial charge in [-0.2, -0.15) is 0 Å². The quantitative estimate of drug-likeness (QED) is 0.488. The molecule has 7 nitrogen and oxygen atoms in total. The number of aryl methyl sites for hydroxylation is 1. The van der Waals surface area contributed by atoms with Crippen molar-refractivity contribution >= 4 is 23.1 Å². The number of hydrogen-bond acceptors (Lipinski definition) is 6. The minimum absolute atomic E-state index is 0.172. The molecule has 142 valence electrons. The van der Waals surface area contributed by atoms with E-state index in [1.54, 1.807) is 14.2 Å². The second kappa shape index (κ2) is 10.6. The van der Waals surface area contributed by atoms with Gasteiger partial charge >= 0.3 is 6.03 Å². The fraction of sp³-hybridized carbons (Fsp3) is 0.389. The Kier molecular flexibility index (Phi) is 8.20. The molecule has 1 aromatic heterocycles. The highest BCUT2D eigenvalue weighted by molar-refractivity contribution is 7.12. The van der Waals surface area contributed by atoms with Crippen LogP contribution in [0.4, 0.5) is 10.5 Å². The standard InChI is InChI=1S/C18H24N2O5S/c1-13-11-26-17(23-3)16(13)20-18(21)19-10-14-4-6-15(7-5-14)25-12-24-9-8-22-2/h4-7,11H,8-10,12H2,1-3H3,(H2,19,20,21). The molecule has 0 saturated heterocycles. The van der Waals surface area contributed by atoms with E-state index in [0.29, 0.717) is 36.3 Å². The molecule has 2 N–H and O–H groups in total. The number of methoxy groups -OCH3 is 2. The minimum atomic E-state index is -0.281. The molecule has 26 heavy (non-hydrogen) atoms. The number of rotatable bonds is 10. The first-order valence-electron chi connectivity index (χ1n) is 8.09. The van der Waals surface area contributed by atoms with Crippen LogP contribution in [-0.4, -0.2) is 40.3 Å². The van der Waals surface area contributed by atoms with E-state index in [4.69, 9.17) is 18.9 Å². The number of amides is 2. The van der Waals surface area contributed by atoms with E-state index < -0.39 is 0 Å². The zero-order chi connectivity index (χ0) is 18.8. The van der Waals surface area contributed by atoms with Crippen LogP contribution in [0.15, 0.2) is 29.6 Å². The molecule has 0 atom stereocenters. The fourth-order valence-corrected chi connectivity index (χ4v) is 2.90. The first kappa shape index (κ1) is 20.0. The molecule has 0 unspecified atom stereocenters. The van der Waals surface area contributed by atoms with Gasteiger partial charge in [0.05, 0.1) is 26.0 Å². The average molecular weight is 380 g/mol. The van der Waals surface area contributed by atoms with Gasteiger partial charge in [0.25, 0.3) is 0 Å². The number of hydrogen-bond donors (Lipinski definition) is 2. The lowest BCUT2D eigenvalue weighted by atomic mass is 10.2. The van der Waals surface area contributed by atoms with Gasteiger partial charge in [-0.15, -0.1) is 11.3 Å². The van der Waals surface area contributed by atoms with Crippen molar-refractivity contribution in [1.29, 1.82) is 0 Å². The van der Waals surface area contributed by atoms with E-state index >= 15 is 0 Å². The van der Waals surface area contributed by atoms with Crippen LogP contribution in [0.1, 0.15) is 11.1 Å². The van der Waals surface area contributed by atoms with Crippen LogP contribution in [0.2, 0.25) is 0 Å². The molecule has 8 heteroatoms.